The zero-order chi connectivity index (χ0) is 48.0. The number of furan rings is 2. The zero-order valence-electron chi connectivity index (χ0n) is 39.9. The number of hydrogen-bond acceptors (Lipinski definition) is 16. The first-order valence-corrected chi connectivity index (χ1v) is 24.1. The highest BCUT2D eigenvalue weighted by molar-refractivity contribution is 5.64. The van der Waals surface area contributed by atoms with Gasteiger partial charge in [-0.15, -0.1) is 13.2 Å². The molecule has 0 saturated carbocycles. The van der Waals surface area contributed by atoms with E-state index in [0.29, 0.717) is 78.0 Å². The molecule has 9 rings (SSSR count). The third kappa shape index (κ3) is 15.4. The first kappa shape index (κ1) is 49.8. The summed E-state index contributed by atoms with van der Waals surface area (Å²) in [4.78, 5) is 22.9. The van der Waals surface area contributed by atoms with Gasteiger partial charge in [0.05, 0.1) is 51.0 Å². The molecule has 16 nitrogen and oxygen atoms in total. The number of nitrogens with one attached hydrogen (secondary N) is 2. The van der Waals surface area contributed by atoms with E-state index in [1.165, 1.54) is 25.7 Å². The lowest BCUT2D eigenvalue weighted by Gasteiger charge is -2.17. The van der Waals surface area contributed by atoms with Gasteiger partial charge in [-0.2, -0.15) is 0 Å². The number of benzene rings is 2. The molecule has 3 aliphatic heterocycles. The molecule has 4 aromatic heterocycles. The molecule has 0 amide bonds. The van der Waals surface area contributed by atoms with E-state index in [9.17, 15) is 0 Å². The molecule has 16 heteroatoms. The molecule has 6 aromatic rings. The van der Waals surface area contributed by atoms with Gasteiger partial charge < -0.3 is 47.9 Å². The van der Waals surface area contributed by atoms with Gasteiger partial charge in [0, 0.05) is 59.1 Å². The summed E-state index contributed by atoms with van der Waals surface area (Å²) in [6, 6.07) is 19.5. The maximum Gasteiger partial charge on any atom is 0.227 e. The summed E-state index contributed by atoms with van der Waals surface area (Å²) < 4.78 is 46.2. The third-order valence-corrected chi connectivity index (χ3v) is 11.6. The standard InChI is InChI=1S/C28H34N4O4.C26H30N4O4/c1-3-14-33-19-23-17-24(7-8-27(23)35-16-13-32-11-5-6-12-32)30-28-29-10-9-26(31-28)22-18-25(36-20-22)21-34-15-4-2;1-2-10-30(9-1)11-14-33-25-6-5-22-15-21(25)17-31-12-3-4-13-32-19-23-16-20(18-34-23)24-7-8-27-26(28-22)29-24/h3-4,7-10,17-18,20H,1-2,5-6,11-16,19,21H2,(H,29,30,31);3-8,15-16,18H,1-2,9-14,17,19H2,(H,27,28,29)/b;4-3+. The molecular formula is C54H64N8O8. The molecule has 7 heterocycles. The van der Waals surface area contributed by atoms with E-state index < -0.39 is 0 Å². The highest BCUT2D eigenvalue weighted by Gasteiger charge is 2.16. The van der Waals surface area contributed by atoms with Crippen molar-refractivity contribution < 1.29 is 37.3 Å². The Bertz CT molecular complexity index is 2580. The van der Waals surface area contributed by atoms with Gasteiger partial charge in [-0.25, -0.2) is 19.9 Å². The van der Waals surface area contributed by atoms with Crippen molar-refractivity contribution in [1.82, 2.24) is 29.7 Å². The van der Waals surface area contributed by atoms with Crippen LogP contribution in [0.25, 0.3) is 22.5 Å². The second kappa shape index (κ2) is 26.9. The summed E-state index contributed by atoms with van der Waals surface area (Å²) in [6.45, 7) is 18.8. The number of fused-ring (bicyclic) bond motifs is 7. The van der Waals surface area contributed by atoms with Crippen LogP contribution in [0.3, 0.4) is 0 Å². The van der Waals surface area contributed by atoms with E-state index in [-0.39, 0.29) is 0 Å². The molecule has 2 fully saturated rings. The lowest BCUT2D eigenvalue weighted by atomic mass is 10.2. The van der Waals surface area contributed by atoms with Crippen LogP contribution in [-0.4, -0.2) is 109 Å². The molecule has 0 atom stereocenters. The van der Waals surface area contributed by atoms with Crippen molar-refractivity contribution in [2.75, 3.05) is 89.5 Å². The van der Waals surface area contributed by atoms with E-state index in [4.69, 9.17) is 37.3 Å². The monoisotopic (exact) mass is 952 g/mol. The van der Waals surface area contributed by atoms with Crippen LogP contribution in [0.15, 0.2) is 132 Å². The predicted octanol–water partition coefficient (Wildman–Crippen LogP) is 9.92. The fourth-order valence-corrected chi connectivity index (χ4v) is 8.10. The summed E-state index contributed by atoms with van der Waals surface area (Å²) >= 11 is 0. The highest BCUT2D eigenvalue weighted by atomic mass is 16.5. The molecule has 2 saturated heterocycles. The lowest BCUT2D eigenvalue weighted by Crippen LogP contribution is -2.25. The van der Waals surface area contributed by atoms with Crippen LogP contribution in [0, 0.1) is 0 Å². The smallest absolute Gasteiger partial charge is 0.227 e. The van der Waals surface area contributed by atoms with E-state index >= 15 is 0 Å². The van der Waals surface area contributed by atoms with Crippen LogP contribution >= 0.6 is 0 Å². The Hall–Kier alpha value is -6.66. The van der Waals surface area contributed by atoms with Gasteiger partial charge in [0.15, 0.2) is 0 Å². The van der Waals surface area contributed by atoms with E-state index in [1.54, 1.807) is 37.1 Å². The Morgan fingerprint density at radius 3 is 2.09 bits per heavy atom. The molecule has 0 aliphatic carbocycles. The van der Waals surface area contributed by atoms with Crippen molar-refractivity contribution in [3.8, 4) is 34.0 Å². The van der Waals surface area contributed by atoms with Gasteiger partial charge in [-0.05, 0) is 113 Å². The lowest BCUT2D eigenvalue weighted by molar-refractivity contribution is 0.128. The van der Waals surface area contributed by atoms with Gasteiger partial charge in [0.1, 0.15) is 62.0 Å². The fourth-order valence-electron chi connectivity index (χ4n) is 8.10. The minimum Gasteiger partial charge on any atom is -0.492 e. The van der Waals surface area contributed by atoms with Crippen LogP contribution < -0.4 is 20.1 Å². The van der Waals surface area contributed by atoms with Crippen LogP contribution in [0.4, 0.5) is 23.3 Å². The fraction of sp³-hybridized carbons (Fsp3) is 0.370. The number of hydrogen-bond donors (Lipinski definition) is 2. The molecule has 3 aliphatic rings. The van der Waals surface area contributed by atoms with Crippen molar-refractivity contribution in [1.29, 1.82) is 0 Å². The van der Waals surface area contributed by atoms with Crippen LogP contribution in [0.2, 0.25) is 0 Å². The summed E-state index contributed by atoms with van der Waals surface area (Å²) in [5, 5.41) is 6.60. The van der Waals surface area contributed by atoms with Crippen molar-refractivity contribution in [2.24, 2.45) is 0 Å². The van der Waals surface area contributed by atoms with Crippen molar-refractivity contribution in [3.05, 3.63) is 146 Å². The maximum atomic E-state index is 6.15. The van der Waals surface area contributed by atoms with E-state index in [2.05, 4.69) is 53.5 Å². The SMILES string of the molecule is C1=C/COCc2cc(ccc2OCCN2CCCC2)Nc2nccc(n2)-c2coc(c2)COC/1.C=CCOCc1cc(-c2ccnc(Nc3ccc(OCCN4CCCC4)c(COCC=C)c3)n2)co1. The minimum atomic E-state index is 0.380. The van der Waals surface area contributed by atoms with Gasteiger partial charge in [-0.3, -0.25) is 9.80 Å². The Morgan fingerprint density at radius 1 is 0.671 bits per heavy atom. The molecule has 6 bridgehead atoms. The normalized spacial score (nSPS) is 15.7. The molecule has 368 valence electrons. The Labute approximate surface area is 410 Å². The summed E-state index contributed by atoms with van der Waals surface area (Å²) in [5.74, 6) is 4.13. The van der Waals surface area contributed by atoms with Gasteiger partial charge in [0.2, 0.25) is 11.9 Å². The first-order chi connectivity index (χ1) is 34.6. The van der Waals surface area contributed by atoms with Crippen LogP contribution in [0.5, 0.6) is 11.5 Å². The highest BCUT2D eigenvalue weighted by Crippen LogP contribution is 2.29. The first-order valence-electron chi connectivity index (χ1n) is 24.1. The Balaban J connectivity index is 0.000000188. The minimum absolute atomic E-state index is 0.380. The summed E-state index contributed by atoms with van der Waals surface area (Å²) in [5.41, 5.74) is 6.94. The van der Waals surface area contributed by atoms with Gasteiger partial charge in [0.25, 0.3) is 0 Å². The second-order valence-corrected chi connectivity index (χ2v) is 16.9. The van der Waals surface area contributed by atoms with Crippen LogP contribution in [-0.2, 0) is 45.4 Å². The van der Waals surface area contributed by atoms with Gasteiger partial charge >= 0.3 is 0 Å². The number of aromatic nitrogens is 4. The molecule has 70 heavy (non-hydrogen) atoms. The molecule has 2 aromatic carbocycles. The average molecular weight is 953 g/mol. The van der Waals surface area contributed by atoms with Crippen molar-refractivity contribution in [3.63, 3.8) is 0 Å². The zero-order valence-corrected chi connectivity index (χ0v) is 39.9. The average Bonchev–Trinajstić information content (AvgIpc) is 4.25. The molecular weight excluding hydrogens is 889 g/mol. The summed E-state index contributed by atoms with van der Waals surface area (Å²) in [7, 11) is 0. The molecule has 0 radical (unpaired) electrons. The number of nitrogens with zero attached hydrogens (tertiary/aromatic N) is 6. The predicted molar refractivity (Wildman–Crippen MR) is 269 cm³/mol. The molecule has 2 N–H and O–H groups in total. The Kier molecular flexibility index (Phi) is 19.1. The molecule has 0 spiro atoms. The summed E-state index contributed by atoms with van der Waals surface area (Å²) in [6.07, 6.45) is 19.3. The number of anilines is 4. The van der Waals surface area contributed by atoms with E-state index in [1.807, 2.05) is 72.8 Å². The largest absolute Gasteiger partial charge is 0.492 e. The Morgan fingerprint density at radius 2 is 1.33 bits per heavy atom. The quantitative estimate of drug-likeness (QED) is 0.0582. The van der Waals surface area contributed by atoms with Crippen molar-refractivity contribution >= 4 is 23.3 Å². The van der Waals surface area contributed by atoms with Gasteiger partial charge in [-0.1, -0.05) is 24.3 Å². The van der Waals surface area contributed by atoms with Crippen molar-refractivity contribution in [2.45, 2.75) is 52.1 Å². The van der Waals surface area contributed by atoms with E-state index in [0.717, 1.165) is 107 Å². The topological polar surface area (TPSA) is 164 Å². The number of likely N-dealkylation sites (tertiary alicyclic amines) is 2. The third-order valence-electron chi connectivity index (χ3n) is 11.6. The second-order valence-electron chi connectivity index (χ2n) is 16.9. The maximum absolute atomic E-state index is 6.15. The molecule has 0 unspecified atom stereocenters. The van der Waals surface area contributed by atoms with Crippen LogP contribution in [0.1, 0.15) is 48.3 Å². The number of ether oxygens (including phenoxy) is 6. The number of rotatable bonds is 19.